The number of benzene rings is 1. The Kier molecular flexibility index (Phi) is 3.63. The minimum Gasteiger partial charge on any atom is -0.319 e. The first-order chi connectivity index (χ1) is 9.88. The molecule has 0 bridgehead atoms. The van der Waals surface area contributed by atoms with E-state index in [1.54, 1.807) is 35.6 Å². The number of rotatable bonds is 3. The minimum atomic E-state index is -3.16. The third-order valence-corrected chi connectivity index (χ3v) is 6.19. The molecular weight excluding hydrogens is 304 g/mol. The first kappa shape index (κ1) is 14.7. The van der Waals surface area contributed by atoms with Crippen LogP contribution in [0, 0.1) is 0 Å². The van der Waals surface area contributed by atoms with Gasteiger partial charge in [0.1, 0.15) is 5.01 Å². The van der Waals surface area contributed by atoms with E-state index in [1.807, 2.05) is 5.38 Å². The summed E-state index contributed by atoms with van der Waals surface area (Å²) < 4.78 is 22.9. The van der Waals surface area contributed by atoms with Crippen molar-refractivity contribution in [3.63, 3.8) is 0 Å². The highest BCUT2D eigenvalue weighted by Crippen LogP contribution is 2.39. The molecule has 1 aromatic carbocycles. The normalized spacial score (nSPS) is 18.0. The van der Waals surface area contributed by atoms with Gasteiger partial charge in [0, 0.05) is 17.2 Å². The number of hydrogen-bond donors (Lipinski definition) is 1. The van der Waals surface area contributed by atoms with E-state index in [2.05, 4.69) is 4.98 Å². The molecule has 1 aliphatic rings. The van der Waals surface area contributed by atoms with E-state index in [4.69, 9.17) is 5.73 Å². The molecule has 0 unspecified atom stereocenters. The molecule has 3 rings (SSSR count). The molecule has 1 heterocycles. The molecule has 0 aliphatic heterocycles. The van der Waals surface area contributed by atoms with Gasteiger partial charge in [-0.05, 0) is 25.0 Å². The molecule has 0 saturated heterocycles. The SMILES string of the molecule is CS(=O)(=O)c1ccc(-c2csc(C3(N)CCCC3)n2)cc1. The van der Waals surface area contributed by atoms with E-state index in [9.17, 15) is 8.42 Å². The van der Waals surface area contributed by atoms with Crippen LogP contribution in [0.3, 0.4) is 0 Å². The molecule has 1 saturated carbocycles. The summed E-state index contributed by atoms with van der Waals surface area (Å²) in [6.45, 7) is 0. The highest BCUT2D eigenvalue weighted by molar-refractivity contribution is 7.90. The van der Waals surface area contributed by atoms with Gasteiger partial charge in [0.25, 0.3) is 0 Å². The van der Waals surface area contributed by atoms with Crippen molar-refractivity contribution in [3.05, 3.63) is 34.7 Å². The second-order valence-corrected chi connectivity index (χ2v) is 8.57. The van der Waals surface area contributed by atoms with Crippen molar-refractivity contribution >= 4 is 21.2 Å². The predicted octanol–water partition coefficient (Wildman–Crippen LogP) is 2.94. The number of sulfone groups is 1. The number of aromatic nitrogens is 1. The zero-order valence-corrected chi connectivity index (χ0v) is 13.5. The van der Waals surface area contributed by atoms with E-state index in [0.29, 0.717) is 4.90 Å². The Bertz CT molecular complexity index is 742. The summed E-state index contributed by atoms with van der Waals surface area (Å²) in [5.41, 5.74) is 7.94. The Balaban J connectivity index is 1.90. The highest BCUT2D eigenvalue weighted by Gasteiger charge is 2.34. The Morgan fingerprint density at radius 2 is 1.81 bits per heavy atom. The molecule has 0 spiro atoms. The van der Waals surface area contributed by atoms with Gasteiger partial charge in [-0.1, -0.05) is 25.0 Å². The zero-order valence-electron chi connectivity index (χ0n) is 11.9. The van der Waals surface area contributed by atoms with Crippen molar-refractivity contribution in [3.8, 4) is 11.3 Å². The van der Waals surface area contributed by atoms with Gasteiger partial charge in [0.15, 0.2) is 9.84 Å². The molecule has 0 radical (unpaired) electrons. The van der Waals surface area contributed by atoms with Crippen LogP contribution in [0.1, 0.15) is 30.7 Å². The zero-order chi connectivity index (χ0) is 15.1. The Morgan fingerprint density at radius 1 is 1.19 bits per heavy atom. The molecule has 0 amide bonds. The van der Waals surface area contributed by atoms with Crippen LogP contribution in [-0.4, -0.2) is 19.7 Å². The van der Waals surface area contributed by atoms with Gasteiger partial charge in [-0.3, -0.25) is 0 Å². The topological polar surface area (TPSA) is 73.0 Å². The van der Waals surface area contributed by atoms with Crippen molar-refractivity contribution < 1.29 is 8.42 Å². The summed E-state index contributed by atoms with van der Waals surface area (Å²) in [5.74, 6) is 0. The standard InChI is InChI=1S/C15H18N2O2S2/c1-21(18,19)12-6-4-11(5-7-12)13-10-20-14(17-13)15(16)8-2-3-9-15/h4-7,10H,2-3,8-9,16H2,1H3. The van der Waals surface area contributed by atoms with Crippen LogP contribution in [0.25, 0.3) is 11.3 Å². The largest absolute Gasteiger partial charge is 0.319 e. The molecular formula is C15H18N2O2S2. The number of nitrogens with zero attached hydrogens (tertiary/aromatic N) is 1. The predicted molar refractivity (Wildman–Crippen MR) is 85.0 cm³/mol. The third kappa shape index (κ3) is 2.88. The van der Waals surface area contributed by atoms with Crippen LogP contribution in [0.15, 0.2) is 34.5 Å². The van der Waals surface area contributed by atoms with E-state index in [1.165, 1.54) is 6.26 Å². The third-order valence-electron chi connectivity index (χ3n) is 4.00. The summed E-state index contributed by atoms with van der Waals surface area (Å²) in [4.78, 5) is 5.00. The van der Waals surface area contributed by atoms with Crippen molar-refractivity contribution in [2.24, 2.45) is 5.73 Å². The molecule has 6 heteroatoms. The van der Waals surface area contributed by atoms with Gasteiger partial charge in [0.05, 0.1) is 16.1 Å². The van der Waals surface area contributed by atoms with E-state index >= 15 is 0 Å². The van der Waals surface area contributed by atoms with Crippen LogP contribution in [-0.2, 0) is 15.4 Å². The summed E-state index contributed by atoms with van der Waals surface area (Å²) in [7, 11) is -3.16. The van der Waals surface area contributed by atoms with E-state index in [0.717, 1.165) is 41.9 Å². The Labute approximate surface area is 128 Å². The molecule has 1 aliphatic carbocycles. The molecule has 21 heavy (non-hydrogen) atoms. The fourth-order valence-electron chi connectivity index (χ4n) is 2.73. The van der Waals surface area contributed by atoms with Crippen molar-refractivity contribution in [1.29, 1.82) is 0 Å². The average Bonchev–Trinajstić information content (AvgIpc) is 3.07. The smallest absolute Gasteiger partial charge is 0.175 e. The lowest BCUT2D eigenvalue weighted by Gasteiger charge is -2.19. The Morgan fingerprint density at radius 3 is 2.38 bits per heavy atom. The first-order valence-electron chi connectivity index (χ1n) is 6.94. The van der Waals surface area contributed by atoms with Gasteiger partial charge < -0.3 is 5.73 Å². The number of nitrogens with two attached hydrogens (primary N) is 1. The summed E-state index contributed by atoms with van der Waals surface area (Å²) in [6, 6.07) is 6.84. The molecule has 1 fully saturated rings. The average molecular weight is 322 g/mol. The summed E-state index contributed by atoms with van der Waals surface area (Å²) >= 11 is 1.60. The molecule has 2 aromatic rings. The van der Waals surface area contributed by atoms with Crippen LogP contribution in [0.5, 0.6) is 0 Å². The fraction of sp³-hybridized carbons (Fsp3) is 0.400. The minimum absolute atomic E-state index is 0.268. The van der Waals surface area contributed by atoms with Crippen molar-refractivity contribution in [2.75, 3.05) is 6.26 Å². The Hall–Kier alpha value is -1.24. The van der Waals surface area contributed by atoms with Crippen molar-refractivity contribution in [2.45, 2.75) is 36.1 Å². The van der Waals surface area contributed by atoms with E-state index in [-0.39, 0.29) is 5.54 Å². The van der Waals surface area contributed by atoms with Gasteiger partial charge >= 0.3 is 0 Å². The molecule has 112 valence electrons. The first-order valence-corrected chi connectivity index (χ1v) is 9.71. The quantitative estimate of drug-likeness (QED) is 0.943. The molecule has 2 N–H and O–H groups in total. The summed E-state index contributed by atoms with van der Waals surface area (Å²) in [6.07, 6.45) is 5.52. The molecule has 4 nitrogen and oxygen atoms in total. The lowest BCUT2D eigenvalue weighted by molar-refractivity contribution is 0.459. The van der Waals surface area contributed by atoms with Crippen LogP contribution in [0.2, 0.25) is 0 Å². The maximum Gasteiger partial charge on any atom is 0.175 e. The van der Waals surface area contributed by atoms with E-state index < -0.39 is 9.84 Å². The highest BCUT2D eigenvalue weighted by atomic mass is 32.2. The maximum absolute atomic E-state index is 11.5. The molecule has 0 atom stereocenters. The van der Waals surface area contributed by atoms with Crippen LogP contribution in [0.4, 0.5) is 0 Å². The monoisotopic (exact) mass is 322 g/mol. The second kappa shape index (κ2) is 5.19. The van der Waals surface area contributed by atoms with Gasteiger partial charge in [0.2, 0.25) is 0 Å². The number of thiazole rings is 1. The summed E-state index contributed by atoms with van der Waals surface area (Å²) in [5, 5.41) is 2.99. The number of hydrogen-bond acceptors (Lipinski definition) is 5. The van der Waals surface area contributed by atoms with Crippen LogP contribution < -0.4 is 5.73 Å². The van der Waals surface area contributed by atoms with Crippen LogP contribution >= 0.6 is 11.3 Å². The molecule has 1 aromatic heterocycles. The van der Waals surface area contributed by atoms with Gasteiger partial charge in [-0.25, -0.2) is 13.4 Å². The second-order valence-electron chi connectivity index (χ2n) is 5.70. The van der Waals surface area contributed by atoms with Crippen molar-refractivity contribution in [1.82, 2.24) is 4.98 Å². The lowest BCUT2D eigenvalue weighted by Crippen LogP contribution is -2.32. The van der Waals surface area contributed by atoms with Gasteiger partial charge in [-0.15, -0.1) is 11.3 Å². The fourth-order valence-corrected chi connectivity index (χ4v) is 4.36. The lowest BCUT2D eigenvalue weighted by atomic mass is 10.0. The maximum atomic E-state index is 11.5. The van der Waals surface area contributed by atoms with Gasteiger partial charge in [-0.2, -0.15) is 0 Å².